The van der Waals surface area contributed by atoms with Crippen LogP contribution < -0.4 is 4.74 Å². The summed E-state index contributed by atoms with van der Waals surface area (Å²) in [7, 11) is 1.75. The molecule has 0 aliphatic carbocycles. The molecule has 0 spiro atoms. The highest BCUT2D eigenvalue weighted by atomic mass is 35.5. The van der Waals surface area contributed by atoms with Crippen molar-refractivity contribution in [2.24, 2.45) is 7.05 Å². The molecule has 1 aromatic heterocycles. The quantitative estimate of drug-likeness (QED) is 0.938. The van der Waals surface area contributed by atoms with Crippen molar-refractivity contribution in [2.45, 2.75) is 6.61 Å². The topological polar surface area (TPSA) is 77.2 Å². The van der Waals surface area contributed by atoms with Crippen molar-refractivity contribution >= 4 is 29.2 Å². The van der Waals surface area contributed by atoms with Gasteiger partial charge in [-0.05, 0) is 12.1 Å². The molecule has 0 aliphatic heterocycles. The molecule has 0 atom stereocenters. The van der Waals surface area contributed by atoms with Gasteiger partial charge in [0, 0.05) is 12.1 Å². The Morgan fingerprint density at radius 1 is 1.47 bits per heavy atom. The predicted octanol–water partition coefficient (Wildman–Crippen LogP) is 2.40. The molecule has 6 nitrogen and oxygen atoms in total. The van der Waals surface area contributed by atoms with E-state index in [-0.39, 0.29) is 28.0 Å². The largest absolute Gasteiger partial charge is 0.483 e. The third-order valence-electron chi connectivity index (χ3n) is 2.39. The smallest absolute Gasteiger partial charge is 0.339 e. The molecule has 2 rings (SSSR count). The zero-order chi connectivity index (χ0) is 14.0. The van der Waals surface area contributed by atoms with E-state index in [0.29, 0.717) is 5.82 Å². The number of aryl methyl sites for hydroxylation is 1. The number of rotatable bonds is 4. The number of halogens is 2. The first-order valence-corrected chi connectivity index (χ1v) is 5.92. The Morgan fingerprint density at radius 3 is 2.79 bits per heavy atom. The van der Waals surface area contributed by atoms with Crippen LogP contribution in [0.25, 0.3) is 0 Å². The molecule has 19 heavy (non-hydrogen) atoms. The Bertz CT molecular complexity index is 628. The number of hydrogen-bond donors (Lipinski definition) is 1. The number of benzene rings is 1. The second-order valence-electron chi connectivity index (χ2n) is 3.72. The number of nitrogens with zero attached hydrogens (tertiary/aromatic N) is 3. The Labute approximate surface area is 118 Å². The van der Waals surface area contributed by atoms with Crippen molar-refractivity contribution < 1.29 is 14.6 Å². The summed E-state index contributed by atoms with van der Waals surface area (Å²) in [6.07, 6.45) is 1.51. The monoisotopic (exact) mass is 301 g/mol. The third-order valence-corrected chi connectivity index (χ3v) is 2.89. The van der Waals surface area contributed by atoms with E-state index in [1.165, 1.54) is 18.5 Å². The van der Waals surface area contributed by atoms with Gasteiger partial charge < -0.3 is 14.4 Å². The number of hydrogen-bond acceptors (Lipinski definition) is 4. The van der Waals surface area contributed by atoms with Crippen molar-refractivity contribution in [1.29, 1.82) is 0 Å². The van der Waals surface area contributed by atoms with Gasteiger partial charge in [-0.3, -0.25) is 0 Å². The van der Waals surface area contributed by atoms with Crippen molar-refractivity contribution in [3.63, 3.8) is 0 Å². The van der Waals surface area contributed by atoms with E-state index in [1.54, 1.807) is 11.6 Å². The van der Waals surface area contributed by atoms with Crippen LogP contribution in [0.5, 0.6) is 5.75 Å². The summed E-state index contributed by atoms with van der Waals surface area (Å²) >= 11 is 11.7. The number of ether oxygens (including phenoxy) is 1. The van der Waals surface area contributed by atoms with Gasteiger partial charge in [-0.1, -0.05) is 23.2 Å². The van der Waals surface area contributed by atoms with E-state index in [1.807, 2.05) is 0 Å². The van der Waals surface area contributed by atoms with Crippen molar-refractivity contribution in [1.82, 2.24) is 14.8 Å². The molecule has 1 N–H and O–H groups in total. The molecule has 100 valence electrons. The van der Waals surface area contributed by atoms with Crippen molar-refractivity contribution in [3.8, 4) is 5.75 Å². The molecular weight excluding hydrogens is 293 g/mol. The highest BCUT2D eigenvalue weighted by Crippen LogP contribution is 2.32. The second kappa shape index (κ2) is 5.46. The summed E-state index contributed by atoms with van der Waals surface area (Å²) in [6.45, 7) is 0.0537. The number of aromatic carboxylic acids is 1. The highest BCUT2D eigenvalue weighted by Gasteiger charge is 2.17. The Morgan fingerprint density at radius 2 is 2.21 bits per heavy atom. The van der Waals surface area contributed by atoms with Crippen LogP contribution in [0.4, 0.5) is 0 Å². The molecule has 0 unspecified atom stereocenters. The van der Waals surface area contributed by atoms with Gasteiger partial charge in [-0.15, -0.1) is 10.2 Å². The molecule has 0 saturated carbocycles. The van der Waals surface area contributed by atoms with Crippen LogP contribution in [0.15, 0.2) is 18.5 Å². The lowest BCUT2D eigenvalue weighted by molar-refractivity contribution is 0.0691. The summed E-state index contributed by atoms with van der Waals surface area (Å²) < 4.78 is 7.07. The Kier molecular flexibility index (Phi) is 3.92. The van der Waals surface area contributed by atoms with Gasteiger partial charge in [-0.25, -0.2) is 4.79 Å². The van der Waals surface area contributed by atoms with E-state index >= 15 is 0 Å². The molecule has 0 aliphatic rings. The first-order valence-electron chi connectivity index (χ1n) is 5.17. The molecule has 0 fully saturated rings. The molecule has 0 saturated heterocycles. The van der Waals surface area contributed by atoms with Crippen LogP contribution in [-0.4, -0.2) is 25.8 Å². The minimum Gasteiger partial charge on any atom is -0.483 e. The fourth-order valence-corrected chi connectivity index (χ4v) is 1.99. The van der Waals surface area contributed by atoms with Crippen LogP contribution >= 0.6 is 23.2 Å². The van der Waals surface area contributed by atoms with Gasteiger partial charge in [-0.2, -0.15) is 0 Å². The highest BCUT2D eigenvalue weighted by molar-refractivity contribution is 6.36. The van der Waals surface area contributed by atoms with E-state index in [9.17, 15) is 4.79 Å². The van der Waals surface area contributed by atoms with Crippen molar-refractivity contribution in [2.75, 3.05) is 0 Å². The zero-order valence-corrected chi connectivity index (χ0v) is 11.3. The van der Waals surface area contributed by atoms with Crippen molar-refractivity contribution in [3.05, 3.63) is 39.9 Å². The zero-order valence-electron chi connectivity index (χ0n) is 9.80. The normalized spacial score (nSPS) is 10.5. The van der Waals surface area contributed by atoms with Crippen LogP contribution in [0.1, 0.15) is 16.2 Å². The lowest BCUT2D eigenvalue weighted by Gasteiger charge is -2.11. The van der Waals surface area contributed by atoms with E-state index in [4.69, 9.17) is 33.0 Å². The van der Waals surface area contributed by atoms with Crippen LogP contribution in [0, 0.1) is 0 Å². The molecule has 0 bridgehead atoms. The Balaban J connectivity index is 2.29. The molecule has 1 heterocycles. The van der Waals surface area contributed by atoms with Gasteiger partial charge in [0.25, 0.3) is 0 Å². The fraction of sp³-hybridized carbons (Fsp3) is 0.182. The van der Waals surface area contributed by atoms with E-state index in [2.05, 4.69) is 10.2 Å². The first-order chi connectivity index (χ1) is 8.99. The fourth-order valence-electron chi connectivity index (χ4n) is 1.44. The molecule has 8 heteroatoms. The van der Waals surface area contributed by atoms with Crippen LogP contribution in [-0.2, 0) is 13.7 Å². The number of carboxylic acid groups (broad SMARTS) is 1. The SMILES string of the molecule is Cn1cnnc1COc1c(Cl)cc(Cl)cc1C(=O)O. The van der Waals surface area contributed by atoms with E-state index < -0.39 is 5.97 Å². The third kappa shape index (κ3) is 2.97. The van der Waals surface area contributed by atoms with Crippen LogP contribution in [0.2, 0.25) is 10.0 Å². The molecular formula is C11H9Cl2N3O3. The first kappa shape index (κ1) is 13.6. The van der Waals surface area contributed by atoms with Gasteiger partial charge in [0.2, 0.25) is 0 Å². The predicted molar refractivity (Wildman–Crippen MR) is 68.8 cm³/mol. The average Bonchev–Trinajstić information content (AvgIpc) is 2.73. The number of aromatic nitrogens is 3. The maximum absolute atomic E-state index is 11.1. The summed E-state index contributed by atoms with van der Waals surface area (Å²) in [6, 6.07) is 2.70. The summed E-state index contributed by atoms with van der Waals surface area (Å²) in [4.78, 5) is 11.1. The van der Waals surface area contributed by atoms with E-state index in [0.717, 1.165) is 0 Å². The molecule has 2 aromatic rings. The second-order valence-corrected chi connectivity index (χ2v) is 4.56. The lowest BCUT2D eigenvalue weighted by Crippen LogP contribution is -2.07. The molecule has 0 amide bonds. The van der Waals surface area contributed by atoms with Gasteiger partial charge >= 0.3 is 5.97 Å². The lowest BCUT2D eigenvalue weighted by atomic mass is 10.2. The number of carboxylic acids is 1. The maximum atomic E-state index is 11.1. The van der Waals surface area contributed by atoms with Gasteiger partial charge in [0.05, 0.1) is 5.02 Å². The van der Waals surface area contributed by atoms with Gasteiger partial charge in [0.15, 0.2) is 11.6 Å². The minimum atomic E-state index is -1.17. The summed E-state index contributed by atoms with van der Waals surface area (Å²) in [5.41, 5.74) is -0.0975. The molecule has 0 radical (unpaired) electrons. The Hall–Kier alpha value is -1.79. The molecule has 1 aromatic carbocycles. The summed E-state index contributed by atoms with van der Waals surface area (Å²) in [5, 5.41) is 17.0. The average molecular weight is 302 g/mol. The summed E-state index contributed by atoms with van der Waals surface area (Å²) in [5.74, 6) is -0.568. The number of carbonyl (C=O) groups is 1. The minimum absolute atomic E-state index is 0.0537. The standard InChI is InChI=1S/C11H9Cl2N3O3/c1-16-5-14-15-9(16)4-19-10-7(11(17)18)2-6(12)3-8(10)13/h2-3,5H,4H2,1H3,(H,17,18). The maximum Gasteiger partial charge on any atom is 0.339 e. The van der Waals surface area contributed by atoms with Crippen LogP contribution in [0.3, 0.4) is 0 Å². The van der Waals surface area contributed by atoms with Gasteiger partial charge in [0.1, 0.15) is 18.5 Å².